The number of carbonyl (C=O) groups is 2. The van der Waals surface area contributed by atoms with Crippen LogP contribution in [-0.4, -0.2) is 79.5 Å². The molecule has 0 aliphatic carbocycles. The van der Waals surface area contributed by atoms with E-state index in [1.807, 2.05) is 6.92 Å². The highest BCUT2D eigenvalue weighted by Crippen LogP contribution is 2.35. The molecule has 0 aromatic rings. The summed E-state index contributed by atoms with van der Waals surface area (Å²) in [6, 6.07) is -0.117. The molecule has 0 spiro atoms. The Morgan fingerprint density at radius 3 is 2.14 bits per heavy atom. The van der Waals surface area contributed by atoms with Crippen LogP contribution in [0.3, 0.4) is 0 Å². The number of ether oxygens (including phenoxy) is 2. The first kappa shape index (κ1) is 16.0. The molecular weight excluding hydrogens is 276 g/mol. The van der Waals surface area contributed by atoms with Crippen molar-refractivity contribution in [2.45, 2.75) is 32.0 Å². The van der Waals surface area contributed by atoms with Gasteiger partial charge in [-0.15, -0.1) is 0 Å². The lowest BCUT2D eigenvalue weighted by Gasteiger charge is -2.26. The van der Waals surface area contributed by atoms with Crippen molar-refractivity contribution in [3.05, 3.63) is 0 Å². The highest BCUT2D eigenvalue weighted by atomic mass is 16.5. The first-order valence-corrected chi connectivity index (χ1v) is 7.30. The predicted octanol–water partition coefficient (Wildman–Crippen LogP) is 0.639. The standard InChI is InChI=1S/C14H24N2O5/c1-4-14(12(17)18)5-6-15(9-14)13(19)16-7-10(20-2)11(8-16)21-3/h10-11H,4-9H2,1-3H3,(H,17,18). The molecule has 2 rings (SSSR count). The fraction of sp³-hybridized carbons (Fsp3) is 0.857. The Morgan fingerprint density at radius 1 is 1.19 bits per heavy atom. The first-order valence-electron chi connectivity index (χ1n) is 7.30. The van der Waals surface area contributed by atoms with Gasteiger partial charge in [0, 0.05) is 27.3 Å². The molecule has 0 aromatic heterocycles. The molecule has 2 amide bonds. The van der Waals surface area contributed by atoms with Crippen molar-refractivity contribution in [2.24, 2.45) is 5.41 Å². The second-order valence-electron chi connectivity index (χ2n) is 5.85. The van der Waals surface area contributed by atoms with E-state index in [0.29, 0.717) is 32.5 Å². The topological polar surface area (TPSA) is 79.3 Å². The van der Waals surface area contributed by atoms with Gasteiger partial charge >= 0.3 is 12.0 Å². The highest BCUT2D eigenvalue weighted by molar-refractivity contribution is 5.80. The van der Waals surface area contributed by atoms with Gasteiger partial charge in [0.05, 0.1) is 18.5 Å². The molecule has 7 heteroatoms. The number of hydrogen-bond donors (Lipinski definition) is 1. The number of amides is 2. The zero-order valence-electron chi connectivity index (χ0n) is 12.9. The number of carboxylic acid groups (broad SMARTS) is 1. The monoisotopic (exact) mass is 300 g/mol. The zero-order valence-corrected chi connectivity index (χ0v) is 12.9. The Hall–Kier alpha value is -1.34. The smallest absolute Gasteiger partial charge is 0.320 e. The number of carbonyl (C=O) groups excluding carboxylic acids is 1. The zero-order chi connectivity index (χ0) is 15.6. The van der Waals surface area contributed by atoms with Gasteiger partial charge in [-0.1, -0.05) is 6.92 Å². The molecule has 2 heterocycles. The summed E-state index contributed by atoms with van der Waals surface area (Å²) < 4.78 is 10.7. The fourth-order valence-corrected chi connectivity index (χ4v) is 3.20. The van der Waals surface area contributed by atoms with Crippen molar-refractivity contribution in [2.75, 3.05) is 40.4 Å². The van der Waals surface area contributed by atoms with Crippen LogP contribution in [0, 0.1) is 5.41 Å². The van der Waals surface area contributed by atoms with Crippen molar-refractivity contribution in [3.63, 3.8) is 0 Å². The van der Waals surface area contributed by atoms with E-state index in [-0.39, 0.29) is 24.8 Å². The summed E-state index contributed by atoms with van der Waals surface area (Å²) in [6.45, 7) is 3.60. The van der Waals surface area contributed by atoms with Gasteiger partial charge in [-0.05, 0) is 12.8 Å². The van der Waals surface area contributed by atoms with Crippen molar-refractivity contribution >= 4 is 12.0 Å². The molecule has 3 atom stereocenters. The number of likely N-dealkylation sites (tertiary alicyclic amines) is 2. The molecular formula is C14H24N2O5. The predicted molar refractivity (Wildman–Crippen MR) is 75.1 cm³/mol. The first-order chi connectivity index (χ1) is 9.97. The van der Waals surface area contributed by atoms with E-state index in [1.165, 1.54) is 0 Å². The molecule has 120 valence electrons. The largest absolute Gasteiger partial charge is 0.481 e. The molecule has 7 nitrogen and oxygen atoms in total. The summed E-state index contributed by atoms with van der Waals surface area (Å²) in [6.07, 6.45) is 0.793. The number of methoxy groups -OCH3 is 2. The lowest BCUT2D eigenvalue weighted by Crippen LogP contribution is -2.43. The quantitative estimate of drug-likeness (QED) is 0.824. The number of nitrogens with zero attached hydrogens (tertiary/aromatic N) is 2. The minimum atomic E-state index is -0.814. The Labute approximate surface area is 124 Å². The molecule has 0 bridgehead atoms. The van der Waals surface area contributed by atoms with E-state index >= 15 is 0 Å². The molecule has 3 unspecified atom stereocenters. The van der Waals surface area contributed by atoms with E-state index in [9.17, 15) is 14.7 Å². The number of hydrogen-bond acceptors (Lipinski definition) is 4. The maximum absolute atomic E-state index is 12.5. The van der Waals surface area contributed by atoms with Crippen LogP contribution in [0.1, 0.15) is 19.8 Å². The molecule has 0 radical (unpaired) electrons. The van der Waals surface area contributed by atoms with Crippen LogP contribution < -0.4 is 0 Å². The van der Waals surface area contributed by atoms with Crippen LogP contribution in [0.25, 0.3) is 0 Å². The van der Waals surface area contributed by atoms with Crippen LogP contribution in [0.15, 0.2) is 0 Å². The Balaban J connectivity index is 2.01. The van der Waals surface area contributed by atoms with E-state index in [2.05, 4.69) is 0 Å². The molecule has 2 fully saturated rings. The van der Waals surface area contributed by atoms with Crippen LogP contribution in [-0.2, 0) is 14.3 Å². The summed E-state index contributed by atoms with van der Waals surface area (Å²) >= 11 is 0. The molecule has 0 saturated carbocycles. The summed E-state index contributed by atoms with van der Waals surface area (Å²) in [5.41, 5.74) is -0.795. The summed E-state index contributed by atoms with van der Waals surface area (Å²) in [5, 5.41) is 9.40. The van der Waals surface area contributed by atoms with Gasteiger partial charge in [0.25, 0.3) is 0 Å². The molecule has 0 aromatic carbocycles. The van der Waals surface area contributed by atoms with Gasteiger partial charge in [-0.25, -0.2) is 4.79 Å². The van der Waals surface area contributed by atoms with Crippen LogP contribution in [0.2, 0.25) is 0 Å². The summed E-state index contributed by atoms with van der Waals surface area (Å²) in [5.74, 6) is -0.814. The Bertz CT molecular complexity index is 404. The number of carboxylic acids is 1. The minimum Gasteiger partial charge on any atom is -0.481 e. The van der Waals surface area contributed by atoms with Gasteiger partial charge in [-0.2, -0.15) is 0 Å². The minimum absolute atomic E-state index is 0.117. The molecule has 1 N–H and O–H groups in total. The van der Waals surface area contributed by atoms with Crippen molar-refractivity contribution in [1.82, 2.24) is 9.80 Å². The van der Waals surface area contributed by atoms with Gasteiger partial charge in [-0.3, -0.25) is 4.79 Å². The van der Waals surface area contributed by atoms with Crippen LogP contribution in [0.5, 0.6) is 0 Å². The van der Waals surface area contributed by atoms with E-state index in [4.69, 9.17) is 9.47 Å². The van der Waals surface area contributed by atoms with Gasteiger partial charge in [0.2, 0.25) is 0 Å². The maximum atomic E-state index is 12.5. The third-order valence-corrected chi connectivity index (χ3v) is 4.85. The van der Waals surface area contributed by atoms with Gasteiger partial charge in [0.15, 0.2) is 0 Å². The summed E-state index contributed by atoms with van der Waals surface area (Å²) in [7, 11) is 3.21. The Kier molecular flexibility index (Phi) is 4.73. The van der Waals surface area contributed by atoms with Crippen molar-refractivity contribution < 1.29 is 24.2 Å². The highest BCUT2D eigenvalue weighted by Gasteiger charge is 2.47. The van der Waals surface area contributed by atoms with Crippen molar-refractivity contribution in [1.29, 1.82) is 0 Å². The van der Waals surface area contributed by atoms with Gasteiger partial charge in [0.1, 0.15) is 12.2 Å². The molecule has 2 saturated heterocycles. The average Bonchev–Trinajstić information content (AvgIpc) is 3.11. The number of urea groups is 1. The second-order valence-corrected chi connectivity index (χ2v) is 5.85. The number of rotatable bonds is 4. The SMILES string of the molecule is CCC1(C(=O)O)CCN(C(=O)N2CC(OC)C(OC)C2)C1. The lowest BCUT2D eigenvalue weighted by molar-refractivity contribution is -0.148. The fourth-order valence-electron chi connectivity index (χ4n) is 3.20. The lowest BCUT2D eigenvalue weighted by atomic mass is 9.84. The third kappa shape index (κ3) is 2.85. The van der Waals surface area contributed by atoms with E-state index in [0.717, 1.165) is 0 Å². The molecule has 2 aliphatic heterocycles. The Morgan fingerprint density at radius 2 is 1.76 bits per heavy atom. The van der Waals surface area contributed by atoms with Crippen molar-refractivity contribution in [3.8, 4) is 0 Å². The van der Waals surface area contributed by atoms with Crippen LogP contribution >= 0.6 is 0 Å². The maximum Gasteiger partial charge on any atom is 0.320 e. The molecule has 2 aliphatic rings. The van der Waals surface area contributed by atoms with Gasteiger partial charge < -0.3 is 24.4 Å². The molecule has 21 heavy (non-hydrogen) atoms. The normalized spacial score (nSPS) is 32.7. The van der Waals surface area contributed by atoms with E-state index in [1.54, 1.807) is 24.0 Å². The second kappa shape index (κ2) is 6.19. The van der Waals surface area contributed by atoms with Crippen LogP contribution in [0.4, 0.5) is 4.79 Å². The average molecular weight is 300 g/mol. The van der Waals surface area contributed by atoms with E-state index < -0.39 is 11.4 Å². The summed E-state index contributed by atoms with van der Waals surface area (Å²) in [4.78, 5) is 27.3. The number of aliphatic carboxylic acids is 1. The third-order valence-electron chi connectivity index (χ3n) is 4.85.